The summed E-state index contributed by atoms with van der Waals surface area (Å²) in [7, 11) is 0. The van der Waals surface area contributed by atoms with Crippen LogP contribution in [0.5, 0.6) is 0 Å². The van der Waals surface area contributed by atoms with Crippen molar-refractivity contribution in [1.29, 1.82) is 0 Å². The zero-order valence-electron chi connectivity index (χ0n) is 13.8. The van der Waals surface area contributed by atoms with E-state index in [2.05, 4.69) is 9.97 Å². The van der Waals surface area contributed by atoms with Crippen LogP contribution in [0.2, 0.25) is 0 Å². The smallest absolute Gasteiger partial charge is 0.417 e. The van der Waals surface area contributed by atoms with E-state index in [4.69, 9.17) is 9.15 Å². The lowest BCUT2D eigenvalue weighted by Crippen LogP contribution is -2.58. The molecule has 3 aromatic heterocycles. The van der Waals surface area contributed by atoms with Gasteiger partial charge >= 0.3 is 6.18 Å². The first kappa shape index (κ1) is 16.3. The molecular weight excluding hydrogens is 365 g/mol. The highest BCUT2D eigenvalue weighted by atomic mass is 19.4. The fraction of sp³-hybridized carbons (Fsp3) is 0.353. The Balaban J connectivity index is 1.64. The first-order chi connectivity index (χ1) is 12.9. The van der Waals surface area contributed by atoms with Crippen LogP contribution >= 0.6 is 0 Å². The zero-order chi connectivity index (χ0) is 18.8. The van der Waals surface area contributed by atoms with E-state index in [0.29, 0.717) is 13.1 Å². The van der Waals surface area contributed by atoms with Gasteiger partial charge in [-0.2, -0.15) is 13.2 Å². The Hall–Kier alpha value is -2.88. The van der Waals surface area contributed by atoms with Gasteiger partial charge in [0.05, 0.1) is 35.7 Å². The molecule has 3 fully saturated rings. The first-order valence-corrected chi connectivity index (χ1v) is 8.32. The summed E-state index contributed by atoms with van der Waals surface area (Å²) in [6.07, 6.45) is 0.932. The Labute approximate surface area is 150 Å². The molecule has 0 N–H and O–H groups in total. The van der Waals surface area contributed by atoms with Crippen LogP contribution in [0.4, 0.5) is 13.2 Å². The summed E-state index contributed by atoms with van der Waals surface area (Å²) in [6.45, 7) is 0.854. The summed E-state index contributed by atoms with van der Waals surface area (Å²) in [6, 6.07) is 0.945. The number of carbonyl (C=O) groups excluding carboxylic acids is 1. The number of fused-ring (bicyclic) bond motifs is 3. The third kappa shape index (κ3) is 2.59. The van der Waals surface area contributed by atoms with Gasteiger partial charge in [0.1, 0.15) is 11.3 Å². The van der Waals surface area contributed by atoms with Crippen molar-refractivity contribution in [3.63, 3.8) is 0 Å². The number of hydrogen-bond donors (Lipinski definition) is 0. The fourth-order valence-corrected chi connectivity index (χ4v) is 3.61. The predicted molar refractivity (Wildman–Crippen MR) is 84.9 cm³/mol. The zero-order valence-corrected chi connectivity index (χ0v) is 13.8. The second-order valence-electron chi connectivity index (χ2n) is 6.67. The number of pyridine rings is 1. The molecule has 6 rings (SSSR count). The second-order valence-corrected chi connectivity index (χ2v) is 6.67. The van der Waals surface area contributed by atoms with E-state index in [1.54, 1.807) is 4.90 Å². The minimum atomic E-state index is -4.59. The van der Waals surface area contributed by atoms with Gasteiger partial charge in [-0.15, -0.1) is 0 Å². The van der Waals surface area contributed by atoms with Gasteiger partial charge in [0.2, 0.25) is 0 Å². The van der Waals surface area contributed by atoms with Crippen molar-refractivity contribution < 1.29 is 27.1 Å². The van der Waals surface area contributed by atoms with Crippen molar-refractivity contribution in [1.82, 2.24) is 19.3 Å². The van der Waals surface area contributed by atoms with Crippen molar-refractivity contribution in [3.05, 3.63) is 42.3 Å². The number of rotatable bonds is 2. The van der Waals surface area contributed by atoms with Crippen molar-refractivity contribution in [2.75, 3.05) is 13.1 Å². The molecule has 140 valence electrons. The Bertz CT molecular complexity index is 1010. The number of halogens is 3. The molecular formula is C17H13F3N4O3. The summed E-state index contributed by atoms with van der Waals surface area (Å²) in [5, 5.41) is 0. The van der Waals surface area contributed by atoms with E-state index in [1.165, 1.54) is 16.8 Å². The second kappa shape index (κ2) is 5.56. The summed E-state index contributed by atoms with van der Waals surface area (Å²) in [5.74, 6) is -0.230. The number of oxazole rings is 1. The first-order valence-electron chi connectivity index (χ1n) is 8.32. The van der Waals surface area contributed by atoms with Gasteiger partial charge in [-0.3, -0.25) is 9.20 Å². The maximum absolute atomic E-state index is 13.4. The Morgan fingerprint density at radius 3 is 2.59 bits per heavy atom. The largest absolute Gasteiger partial charge is 0.443 e. The van der Waals surface area contributed by atoms with Crippen LogP contribution in [0.25, 0.3) is 17.0 Å². The molecule has 3 aromatic rings. The summed E-state index contributed by atoms with van der Waals surface area (Å²) >= 11 is 0. The molecule has 0 aromatic carbocycles. The van der Waals surface area contributed by atoms with E-state index >= 15 is 0 Å². The SMILES string of the molecule is O=C(c1cnc2c(-c3cnco3)cc(C(F)(F)F)cn12)N1CC2CC(C1)O2. The number of nitrogens with zero attached hydrogens (tertiary/aromatic N) is 4. The van der Waals surface area contributed by atoms with Crippen LogP contribution in [0.1, 0.15) is 22.5 Å². The number of hydrogen-bond acceptors (Lipinski definition) is 5. The van der Waals surface area contributed by atoms with Gasteiger partial charge in [-0.05, 0) is 6.07 Å². The van der Waals surface area contributed by atoms with Gasteiger partial charge in [0, 0.05) is 25.7 Å². The average molecular weight is 378 g/mol. The number of piperidine rings is 1. The van der Waals surface area contributed by atoms with Gasteiger partial charge in [-0.1, -0.05) is 0 Å². The molecule has 0 spiro atoms. The minimum absolute atomic E-state index is 0.00220. The van der Waals surface area contributed by atoms with Crippen LogP contribution in [0.15, 0.2) is 35.5 Å². The van der Waals surface area contributed by atoms with E-state index < -0.39 is 11.7 Å². The van der Waals surface area contributed by atoms with Crippen molar-refractivity contribution in [2.24, 2.45) is 0 Å². The molecule has 3 aliphatic heterocycles. The molecule has 10 heteroatoms. The molecule has 3 saturated heterocycles. The molecule has 2 unspecified atom stereocenters. The highest BCUT2D eigenvalue weighted by Crippen LogP contribution is 2.35. The molecule has 6 heterocycles. The van der Waals surface area contributed by atoms with E-state index in [9.17, 15) is 18.0 Å². The quantitative estimate of drug-likeness (QED) is 0.686. The Morgan fingerprint density at radius 2 is 1.96 bits per heavy atom. The lowest BCUT2D eigenvalue weighted by molar-refractivity contribution is -0.171. The number of imidazole rings is 1. The maximum Gasteiger partial charge on any atom is 0.417 e. The topological polar surface area (TPSA) is 72.9 Å². The summed E-state index contributed by atoms with van der Waals surface area (Å²) < 4.78 is 52.0. The normalized spacial score (nSPS) is 22.1. The van der Waals surface area contributed by atoms with Crippen LogP contribution < -0.4 is 0 Å². The fourth-order valence-electron chi connectivity index (χ4n) is 3.61. The molecule has 7 nitrogen and oxygen atoms in total. The van der Waals surface area contributed by atoms with Crippen molar-refractivity contribution in [3.8, 4) is 11.3 Å². The summed E-state index contributed by atoms with van der Waals surface area (Å²) in [4.78, 5) is 22.4. The average Bonchev–Trinajstić information content (AvgIpc) is 3.29. The Morgan fingerprint density at radius 1 is 1.22 bits per heavy atom. The predicted octanol–water partition coefficient (Wildman–Crippen LogP) is 2.62. The van der Waals surface area contributed by atoms with Gasteiger partial charge in [0.15, 0.2) is 12.2 Å². The van der Waals surface area contributed by atoms with Crippen LogP contribution in [-0.2, 0) is 10.9 Å². The Kier molecular flexibility index (Phi) is 3.36. The molecule has 1 amide bonds. The van der Waals surface area contributed by atoms with Crippen molar-refractivity contribution >= 4 is 11.6 Å². The standard InChI is InChI=1S/C17H13F3N4O3/c18-17(19,20)9-1-12(14-4-21-8-26-14)15-22-3-13(24(15)5-9)16(25)23-6-10-2-11(7-23)27-10/h1,3-5,8,10-11H,2,6-7H2. The number of carbonyl (C=O) groups is 1. The molecule has 2 bridgehead atoms. The minimum Gasteiger partial charge on any atom is -0.443 e. The molecule has 0 radical (unpaired) electrons. The summed E-state index contributed by atoms with van der Waals surface area (Å²) in [5.41, 5.74) is -0.524. The van der Waals surface area contributed by atoms with Crippen LogP contribution in [0.3, 0.4) is 0 Å². The maximum atomic E-state index is 13.4. The van der Waals surface area contributed by atoms with E-state index in [-0.39, 0.29) is 40.8 Å². The lowest BCUT2D eigenvalue weighted by Gasteiger charge is -2.46. The van der Waals surface area contributed by atoms with Gasteiger partial charge < -0.3 is 14.1 Å². The number of alkyl halides is 3. The van der Waals surface area contributed by atoms with Crippen LogP contribution in [-0.4, -0.2) is 50.5 Å². The highest BCUT2D eigenvalue weighted by Gasteiger charge is 2.41. The highest BCUT2D eigenvalue weighted by molar-refractivity contribution is 5.94. The lowest BCUT2D eigenvalue weighted by atomic mass is 9.98. The van der Waals surface area contributed by atoms with E-state index in [1.807, 2.05) is 0 Å². The van der Waals surface area contributed by atoms with Crippen molar-refractivity contribution in [2.45, 2.75) is 24.8 Å². The molecule has 0 saturated carbocycles. The molecule has 3 aliphatic rings. The number of aromatic nitrogens is 3. The third-order valence-corrected chi connectivity index (χ3v) is 4.90. The van der Waals surface area contributed by atoms with Gasteiger partial charge in [0.25, 0.3) is 5.91 Å². The third-order valence-electron chi connectivity index (χ3n) is 4.90. The molecule has 27 heavy (non-hydrogen) atoms. The number of morpholine rings is 1. The number of ether oxygens (including phenoxy) is 1. The monoisotopic (exact) mass is 378 g/mol. The number of amides is 1. The molecule has 2 atom stereocenters. The molecule has 0 aliphatic carbocycles. The van der Waals surface area contributed by atoms with Gasteiger partial charge in [-0.25, -0.2) is 9.97 Å². The van der Waals surface area contributed by atoms with Crippen LogP contribution in [0, 0.1) is 0 Å². The van der Waals surface area contributed by atoms with E-state index in [0.717, 1.165) is 25.1 Å².